The van der Waals surface area contributed by atoms with Crippen molar-refractivity contribution in [2.45, 2.75) is 38.1 Å². The molecule has 0 aromatic carbocycles. The number of rotatable bonds is 6. The molecule has 2 fully saturated rings. The molecule has 0 radical (unpaired) electrons. The summed E-state index contributed by atoms with van der Waals surface area (Å²) in [7, 11) is 0. The number of carbonyl (C=O) groups excluding carboxylic acids is 1. The molecule has 2 aromatic rings. The lowest BCUT2D eigenvalue weighted by molar-refractivity contribution is -0.126. The predicted octanol–water partition coefficient (Wildman–Crippen LogP) is 1.68. The molecule has 4 heterocycles. The third kappa shape index (κ3) is 4.74. The van der Waals surface area contributed by atoms with Gasteiger partial charge in [0.1, 0.15) is 0 Å². The van der Waals surface area contributed by atoms with Crippen molar-refractivity contribution < 1.29 is 14.1 Å². The molecule has 0 bridgehead atoms. The molecular weight excluding hydrogens is 358 g/mol. The van der Waals surface area contributed by atoms with Crippen LogP contribution in [0.4, 0.5) is 0 Å². The molecule has 0 unspecified atom stereocenters. The van der Waals surface area contributed by atoms with Crippen molar-refractivity contribution in [3.8, 4) is 11.4 Å². The van der Waals surface area contributed by atoms with Gasteiger partial charge in [0.25, 0.3) is 0 Å². The number of hydrogen-bond acceptors (Lipinski definition) is 7. The topological polar surface area (TPSA) is 93.4 Å². The van der Waals surface area contributed by atoms with Crippen molar-refractivity contribution >= 4 is 5.91 Å². The van der Waals surface area contributed by atoms with Gasteiger partial charge in [-0.05, 0) is 50.9 Å². The van der Waals surface area contributed by atoms with Gasteiger partial charge in [-0.2, -0.15) is 4.98 Å². The first kappa shape index (κ1) is 19.0. The Kier molecular flexibility index (Phi) is 6.28. The van der Waals surface area contributed by atoms with Crippen LogP contribution in [-0.2, 0) is 16.0 Å². The van der Waals surface area contributed by atoms with E-state index >= 15 is 0 Å². The maximum Gasteiger partial charge on any atom is 0.228 e. The van der Waals surface area contributed by atoms with Gasteiger partial charge in [-0.25, -0.2) is 0 Å². The lowest BCUT2D eigenvalue weighted by Gasteiger charge is -2.38. The van der Waals surface area contributed by atoms with Crippen LogP contribution in [0.1, 0.15) is 31.6 Å². The number of nitrogens with one attached hydrogen (secondary N) is 1. The predicted molar refractivity (Wildman–Crippen MR) is 102 cm³/mol. The zero-order valence-electron chi connectivity index (χ0n) is 16.0. The Labute approximate surface area is 164 Å². The van der Waals surface area contributed by atoms with Gasteiger partial charge < -0.3 is 19.5 Å². The molecule has 0 saturated carbocycles. The first-order chi connectivity index (χ1) is 13.8. The van der Waals surface area contributed by atoms with Crippen LogP contribution in [0.15, 0.2) is 29.0 Å². The lowest BCUT2D eigenvalue weighted by Crippen LogP contribution is -2.46. The molecule has 2 aliphatic rings. The Morgan fingerprint density at radius 2 is 2.04 bits per heavy atom. The second-order valence-electron chi connectivity index (χ2n) is 7.45. The summed E-state index contributed by atoms with van der Waals surface area (Å²) < 4.78 is 10.7. The van der Waals surface area contributed by atoms with E-state index in [1.807, 2.05) is 12.1 Å². The number of likely N-dealkylation sites (tertiary alicyclic amines) is 1. The van der Waals surface area contributed by atoms with E-state index in [0.717, 1.165) is 57.6 Å². The molecule has 0 aliphatic carbocycles. The SMILES string of the molecule is O=C(NCCc1nc(-c2cccnc2)no1)C1CCN(C2CCOCC2)CC1. The zero-order chi connectivity index (χ0) is 19.2. The van der Waals surface area contributed by atoms with E-state index in [4.69, 9.17) is 9.26 Å². The normalized spacial score (nSPS) is 19.6. The molecule has 28 heavy (non-hydrogen) atoms. The van der Waals surface area contributed by atoms with E-state index in [2.05, 4.69) is 25.3 Å². The van der Waals surface area contributed by atoms with Crippen LogP contribution in [-0.4, -0.2) is 64.8 Å². The van der Waals surface area contributed by atoms with Gasteiger partial charge in [0.05, 0.1) is 0 Å². The number of aromatic nitrogens is 3. The summed E-state index contributed by atoms with van der Waals surface area (Å²) in [5, 5.41) is 7.00. The quantitative estimate of drug-likeness (QED) is 0.808. The summed E-state index contributed by atoms with van der Waals surface area (Å²) in [6.07, 6.45) is 8.01. The standard InChI is InChI=1S/C20H27N5O3/c26-20(15-4-10-25(11-5-15)17-6-12-27-13-7-17)22-9-3-18-23-19(24-28-18)16-2-1-8-21-14-16/h1-2,8,14-15,17H,3-7,9-13H2,(H,22,26). The molecule has 0 spiro atoms. The van der Waals surface area contributed by atoms with Gasteiger partial charge in [0.15, 0.2) is 0 Å². The van der Waals surface area contributed by atoms with Gasteiger partial charge in [-0.3, -0.25) is 9.78 Å². The Balaban J connectivity index is 1.19. The maximum absolute atomic E-state index is 12.5. The Morgan fingerprint density at radius 3 is 2.79 bits per heavy atom. The van der Waals surface area contributed by atoms with Gasteiger partial charge in [0, 0.05) is 56.1 Å². The number of pyridine rings is 1. The number of hydrogen-bond donors (Lipinski definition) is 1. The van der Waals surface area contributed by atoms with E-state index < -0.39 is 0 Å². The summed E-state index contributed by atoms with van der Waals surface area (Å²) in [5.41, 5.74) is 0.817. The van der Waals surface area contributed by atoms with Crippen LogP contribution >= 0.6 is 0 Å². The first-order valence-electron chi connectivity index (χ1n) is 10.1. The van der Waals surface area contributed by atoms with Gasteiger partial charge in [-0.1, -0.05) is 5.16 Å². The summed E-state index contributed by atoms with van der Waals surface area (Å²) >= 11 is 0. The second-order valence-corrected chi connectivity index (χ2v) is 7.45. The molecule has 4 rings (SSSR count). The highest BCUT2D eigenvalue weighted by Crippen LogP contribution is 2.23. The van der Waals surface area contributed by atoms with E-state index in [1.165, 1.54) is 0 Å². The zero-order valence-corrected chi connectivity index (χ0v) is 16.0. The number of piperidine rings is 1. The van der Waals surface area contributed by atoms with Crippen molar-refractivity contribution in [2.75, 3.05) is 32.8 Å². The average Bonchev–Trinajstić information content (AvgIpc) is 3.24. The van der Waals surface area contributed by atoms with Crippen LogP contribution in [0, 0.1) is 5.92 Å². The molecule has 0 atom stereocenters. The summed E-state index contributed by atoms with van der Waals surface area (Å²) in [4.78, 5) is 23.4. The summed E-state index contributed by atoms with van der Waals surface area (Å²) in [6, 6.07) is 4.35. The molecular formula is C20H27N5O3. The van der Waals surface area contributed by atoms with Crippen molar-refractivity contribution in [3.63, 3.8) is 0 Å². The van der Waals surface area contributed by atoms with E-state index in [0.29, 0.717) is 30.7 Å². The highest BCUT2D eigenvalue weighted by molar-refractivity contribution is 5.78. The van der Waals surface area contributed by atoms with Crippen LogP contribution in [0.2, 0.25) is 0 Å². The fourth-order valence-electron chi connectivity index (χ4n) is 3.98. The molecule has 8 heteroatoms. The van der Waals surface area contributed by atoms with Crippen molar-refractivity contribution in [3.05, 3.63) is 30.4 Å². The Hall–Kier alpha value is -2.32. The number of ether oxygens (including phenoxy) is 1. The van der Waals surface area contributed by atoms with Crippen LogP contribution in [0.5, 0.6) is 0 Å². The fourth-order valence-corrected chi connectivity index (χ4v) is 3.98. The smallest absolute Gasteiger partial charge is 0.228 e. The minimum absolute atomic E-state index is 0.102. The van der Waals surface area contributed by atoms with Crippen LogP contribution < -0.4 is 5.32 Å². The van der Waals surface area contributed by atoms with Crippen LogP contribution in [0.25, 0.3) is 11.4 Å². The Morgan fingerprint density at radius 1 is 1.21 bits per heavy atom. The minimum atomic E-state index is 0.102. The average molecular weight is 385 g/mol. The molecule has 1 N–H and O–H groups in total. The molecule has 2 aliphatic heterocycles. The van der Waals surface area contributed by atoms with Crippen LogP contribution in [0.3, 0.4) is 0 Å². The van der Waals surface area contributed by atoms with Crippen molar-refractivity contribution in [2.24, 2.45) is 5.92 Å². The van der Waals surface area contributed by atoms with Crippen molar-refractivity contribution in [1.82, 2.24) is 25.3 Å². The van der Waals surface area contributed by atoms with E-state index in [9.17, 15) is 4.79 Å². The van der Waals surface area contributed by atoms with E-state index in [1.54, 1.807) is 12.4 Å². The van der Waals surface area contributed by atoms with Gasteiger partial charge >= 0.3 is 0 Å². The van der Waals surface area contributed by atoms with Gasteiger partial charge in [0.2, 0.25) is 17.6 Å². The number of nitrogens with zero attached hydrogens (tertiary/aromatic N) is 4. The molecule has 1 amide bonds. The highest BCUT2D eigenvalue weighted by Gasteiger charge is 2.29. The largest absolute Gasteiger partial charge is 0.381 e. The van der Waals surface area contributed by atoms with Crippen molar-refractivity contribution in [1.29, 1.82) is 0 Å². The highest BCUT2D eigenvalue weighted by atomic mass is 16.5. The molecule has 2 saturated heterocycles. The summed E-state index contributed by atoms with van der Waals surface area (Å²) in [5.74, 6) is 1.28. The molecule has 150 valence electrons. The van der Waals surface area contributed by atoms with Gasteiger partial charge in [-0.15, -0.1) is 0 Å². The van der Waals surface area contributed by atoms with E-state index in [-0.39, 0.29) is 11.8 Å². The lowest BCUT2D eigenvalue weighted by atomic mass is 9.93. The fraction of sp³-hybridized carbons (Fsp3) is 0.600. The molecule has 8 nitrogen and oxygen atoms in total. The maximum atomic E-state index is 12.5. The monoisotopic (exact) mass is 385 g/mol. The first-order valence-corrected chi connectivity index (χ1v) is 10.1. The minimum Gasteiger partial charge on any atom is -0.381 e. The Bertz CT molecular complexity index is 752. The molecule has 2 aromatic heterocycles. The summed E-state index contributed by atoms with van der Waals surface area (Å²) in [6.45, 7) is 4.24. The second kappa shape index (κ2) is 9.25. The number of amides is 1. The number of carbonyl (C=O) groups is 1. The third-order valence-electron chi connectivity index (χ3n) is 5.63. The third-order valence-corrected chi connectivity index (χ3v) is 5.63.